The molecule has 0 saturated heterocycles. The number of carbonyl (C=O) groups is 2. The number of aliphatic hydroxyl groups is 2. The van der Waals surface area contributed by atoms with E-state index in [1.165, 1.54) is 12.1 Å². The monoisotopic (exact) mass is 271 g/mol. The molecule has 0 heterocycles. The second kappa shape index (κ2) is 6.26. The van der Waals surface area contributed by atoms with Crippen molar-refractivity contribution in [1.82, 2.24) is 0 Å². The average Bonchev–Trinajstić information content (AvgIpc) is 2.29. The highest BCUT2D eigenvalue weighted by atomic mass is 19.1. The van der Waals surface area contributed by atoms with Gasteiger partial charge in [-0.2, -0.15) is 0 Å². The zero-order valence-electron chi connectivity index (χ0n) is 9.91. The molecule has 0 aliphatic carbocycles. The molecule has 0 bridgehead atoms. The topological polar surface area (TPSA) is 121 Å². The van der Waals surface area contributed by atoms with Crippen LogP contribution in [-0.4, -0.2) is 33.3 Å². The maximum atomic E-state index is 13.5. The molecule has 0 saturated carbocycles. The van der Waals surface area contributed by atoms with Crippen molar-refractivity contribution in [3.05, 3.63) is 35.1 Å². The molecule has 1 rings (SSSR count). The zero-order valence-corrected chi connectivity index (χ0v) is 9.91. The van der Waals surface area contributed by atoms with Crippen LogP contribution in [-0.2, 0) is 16.0 Å². The van der Waals surface area contributed by atoms with E-state index in [0.717, 1.165) is 6.07 Å². The Labute approximate surface area is 108 Å². The predicted octanol–water partition coefficient (Wildman–Crippen LogP) is -0.278. The summed E-state index contributed by atoms with van der Waals surface area (Å²) in [5.74, 6) is -2.78. The summed E-state index contributed by atoms with van der Waals surface area (Å²) in [5, 5.41) is 27.7. The van der Waals surface area contributed by atoms with Crippen LogP contribution in [0.4, 0.5) is 4.39 Å². The maximum absolute atomic E-state index is 13.5. The highest BCUT2D eigenvalue weighted by Crippen LogP contribution is 2.21. The molecule has 1 aromatic rings. The number of carbonyl (C=O) groups excluding carboxylic acids is 1. The molecule has 1 aromatic carbocycles. The molecule has 5 N–H and O–H groups in total. The van der Waals surface area contributed by atoms with Gasteiger partial charge in [0.15, 0.2) is 0 Å². The van der Waals surface area contributed by atoms with E-state index in [9.17, 15) is 24.2 Å². The summed E-state index contributed by atoms with van der Waals surface area (Å²) in [6, 6.07) is 3.42. The normalized spacial score (nSPS) is 13.8. The van der Waals surface area contributed by atoms with Gasteiger partial charge in [0.2, 0.25) is 5.91 Å². The van der Waals surface area contributed by atoms with Gasteiger partial charge in [0.05, 0.1) is 18.9 Å². The first-order chi connectivity index (χ1) is 8.81. The molecule has 0 radical (unpaired) electrons. The molecule has 0 aliphatic rings. The van der Waals surface area contributed by atoms with Crippen molar-refractivity contribution >= 4 is 11.9 Å². The zero-order chi connectivity index (χ0) is 14.6. The summed E-state index contributed by atoms with van der Waals surface area (Å²) in [6.07, 6.45) is -3.85. The number of halogens is 1. The second-order valence-electron chi connectivity index (χ2n) is 4.10. The van der Waals surface area contributed by atoms with Crippen LogP contribution < -0.4 is 5.73 Å². The van der Waals surface area contributed by atoms with Crippen molar-refractivity contribution in [2.75, 3.05) is 0 Å². The summed E-state index contributed by atoms with van der Waals surface area (Å²) < 4.78 is 13.5. The SMILES string of the molecule is NC(=O)CC(O)C(O)c1ccc(CC(=O)O)c(F)c1. The lowest BCUT2D eigenvalue weighted by Gasteiger charge is -2.17. The minimum Gasteiger partial charge on any atom is -0.481 e. The van der Waals surface area contributed by atoms with E-state index in [1.54, 1.807) is 0 Å². The Balaban J connectivity index is 2.87. The molecule has 19 heavy (non-hydrogen) atoms. The van der Waals surface area contributed by atoms with Crippen molar-refractivity contribution in [2.24, 2.45) is 5.73 Å². The van der Waals surface area contributed by atoms with Crippen LogP contribution in [0.25, 0.3) is 0 Å². The maximum Gasteiger partial charge on any atom is 0.307 e. The first-order valence-electron chi connectivity index (χ1n) is 5.45. The van der Waals surface area contributed by atoms with Gasteiger partial charge in [-0.3, -0.25) is 9.59 Å². The van der Waals surface area contributed by atoms with Gasteiger partial charge >= 0.3 is 5.97 Å². The summed E-state index contributed by atoms with van der Waals surface area (Å²) in [7, 11) is 0. The Kier molecular flexibility index (Phi) is 4.96. The molecule has 104 valence electrons. The first-order valence-corrected chi connectivity index (χ1v) is 5.45. The standard InChI is InChI=1S/C12H14FNO5/c13-8-3-7(2-1-6(8)4-11(17)18)12(19)9(15)5-10(14)16/h1-3,9,12,15,19H,4-5H2,(H2,14,16)(H,17,18). The summed E-state index contributed by atoms with van der Waals surface area (Å²) in [5.41, 5.74) is 4.88. The molecule has 0 aromatic heterocycles. The van der Waals surface area contributed by atoms with E-state index in [0.29, 0.717) is 0 Å². The Morgan fingerprint density at radius 2 is 1.95 bits per heavy atom. The average molecular weight is 271 g/mol. The van der Waals surface area contributed by atoms with Crippen molar-refractivity contribution in [2.45, 2.75) is 25.0 Å². The number of aliphatic carboxylic acids is 1. The van der Waals surface area contributed by atoms with Crippen molar-refractivity contribution in [3.8, 4) is 0 Å². The van der Waals surface area contributed by atoms with E-state index in [-0.39, 0.29) is 11.1 Å². The third kappa shape index (κ3) is 4.31. The van der Waals surface area contributed by atoms with Gasteiger partial charge in [0.25, 0.3) is 0 Å². The van der Waals surface area contributed by atoms with E-state index in [2.05, 4.69) is 0 Å². The van der Waals surface area contributed by atoms with Gasteiger partial charge in [-0.15, -0.1) is 0 Å². The summed E-state index contributed by atoms with van der Waals surface area (Å²) in [4.78, 5) is 21.1. The van der Waals surface area contributed by atoms with Gasteiger partial charge in [0.1, 0.15) is 11.9 Å². The number of benzene rings is 1. The quantitative estimate of drug-likeness (QED) is 0.567. The highest BCUT2D eigenvalue weighted by Gasteiger charge is 2.21. The molecule has 0 aliphatic heterocycles. The van der Waals surface area contributed by atoms with Crippen LogP contribution >= 0.6 is 0 Å². The highest BCUT2D eigenvalue weighted by molar-refractivity contribution is 5.74. The Morgan fingerprint density at radius 1 is 1.32 bits per heavy atom. The molecule has 2 atom stereocenters. The number of rotatable bonds is 6. The van der Waals surface area contributed by atoms with Crippen LogP contribution in [0, 0.1) is 5.82 Å². The number of carboxylic acid groups (broad SMARTS) is 1. The largest absolute Gasteiger partial charge is 0.481 e. The van der Waals surface area contributed by atoms with Crippen LogP contribution in [0.1, 0.15) is 23.7 Å². The second-order valence-corrected chi connectivity index (χ2v) is 4.10. The molecular weight excluding hydrogens is 257 g/mol. The molecule has 2 unspecified atom stereocenters. The fraction of sp³-hybridized carbons (Fsp3) is 0.333. The van der Waals surface area contributed by atoms with Gasteiger partial charge in [-0.25, -0.2) is 4.39 Å². The lowest BCUT2D eigenvalue weighted by molar-refractivity contribution is -0.136. The van der Waals surface area contributed by atoms with E-state index < -0.39 is 42.7 Å². The molecule has 6 nitrogen and oxygen atoms in total. The fourth-order valence-electron chi connectivity index (χ4n) is 1.59. The van der Waals surface area contributed by atoms with E-state index in [1.807, 2.05) is 0 Å². The third-order valence-corrected chi connectivity index (χ3v) is 2.54. The van der Waals surface area contributed by atoms with Crippen LogP contribution in [0.5, 0.6) is 0 Å². The Hall–Kier alpha value is -1.99. The van der Waals surface area contributed by atoms with Crippen LogP contribution in [0.2, 0.25) is 0 Å². The number of aliphatic hydroxyl groups excluding tert-OH is 2. The summed E-state index contributed by atoms with van der Waals surface area (Å²) in [6.45, 7) is 0. The Bertz CT molecular complexity index is 491. The van der Waals surface area contributed by atoms with E-state index in [4.69, 9.17) is 10.8 Å². The number of hydrogen-bond acceptors (Lipinski definition) is 4. The summed E-state index contributed by atoms with van der Waals surface area (Å²) >= 11 is 0. The minimum atomic E-state index is -1.47. The first kappa shape index (κ1) is 15.1. The van der Waals surface area contributed by atoms with Crippen LogP contribution in [0.3, 0.4) is 0 Å². The predicted molar refractivity (Wildman–Crippen MR) is 62.5 cm³/mol. The molecular formula is C12H14FNO5. The van der Waals surface area contributed by atoms with E-state index >= 15 is 0 Å². The van der Waals surface area contributed by atoms with Gasteiger partial charge in [0, 0.05) is 0 Å². The molecule has 0 fully saturated rings. The van der Waals surface area contributed by atoms with Crippen molar-refractivity contribution in [3.63, 3.8) is 0 Å². The number of amides is 1. The van der Waals surface area contributed by atoms with Gasteiger partial charge in [-0.1, -0.05) is 12.1 Å². The molecule has 7 heteroatoms. The third-order valence-electron chi connectivity index (χ3n) is 2.54. The van der Waals surface area contributed by atoms with Crippen molar-refractivity contribution < 1.29 is 29.3 Å². The fourth-order valence-corrected chi connectivity index (χ4v) is 1.59. The number of hydrogen-bond donors (Lipinski definition) is 4. The number of nitrogens with two attached hydrogens (primary N) is 1. The molecule has 1 amide bonds. The lowest BCUT2D eigenvalue weighted by atomic mass is 9.99. The van der Waals surface area contributed by atoms with Crippen LogP contribution in [0.15, 0.2) is 18.2 Å². The molecule has 0 spiro atoms. The smallest absolute Gasteiger partial charge is 0.307 e. The number of carboxylic acids is 1. The van der Waals surface area contributed by atoms with Gasteiger partial charge in [-0.05, 0) is 17.2 Å². The van der Waals surface area contributed by atoms with Crippen molar-refractivity contribution in [1.29, 1.82) is 0 Å². The number of primary amides is 1. The Morgan fingerprint density at radius 3 is 2.42 bits per heavy atom. The minimum absolute atomic E-state index is 0.0344. The lowest BCUT2D eigenvalue weighted by Crippen LogP contribution is -2.25. The van der Waals surface area contributed by atoms with Gasteiger partial charge < -0.3 is 21.1 Å².